The van der Waals surface area contributed by atoms with Crippen molar-refractivity contribution < 1.29 is 48.0 Å². The molecule has 270 valence electrons. The molecule has 0 atom stereocenters. The second-order valence-electron chi connectivity index (χ2n) is 13.6. The van der Waals surface area contributed by atoms with Crippen LogP contribution >= 0.6 is 22.7 Å². The first kappa shape index (κ1) is 34.9. The Morgan fingerprint density at radius 3 is 1.39 bits per heavy atom. The molecular weight excluding hydrogens is 697 g/mol. The van der Waals surface area contributed by atoms with Crippen molar-refractivity contribution in [2.45, 2.75) is 51.6 Å². The van der Waals surface area contributed by atoms with Crippen molar-refractivity contribution in [3.8, 4) is 23.0 Å². The average Bonchev–Trinajstić information content (AvgIpc) is 3.81. The third-order valence-electron chi connectivity index (χ3n) is 10.9. The number of esters is 1. The van der Waals surface area contributed by atoms with Crippen molar-refractivity contribution in [2.75, 3.05) is 48.6 Å². The van der Waals surface area contributed by atoms with Gasteiger partial charge >= 0.3 is 11.9 Å². The fourth-order valence-corrected chi connectivity index (χ4v) is 10.1. The highest BCUT2D eigenvalue weighted by atomic mass is 32.1. The Balaban J connectivity index is 0.000000159. The van der Waals surface area contributed by atoms with Gasteiger partial charge in [0.05, 0.1) is 56.1 Å². The lowest BCUT2D eigenvalue weighted by atomic mass is 9.68. The van der Waals surface area contributed by atoms with Crippen LogP contribution in [0.1, 0.15) is 69.0 Å². The van der Waals surface area contributed by atoms with Crippen molar-refractivity contribution >= 4 is 66.6 Å². The molecule has 2 aliphatic heterocycles. The van der Waals surface area contributed by atoms with Gasteiger partial charge in [-0.05, 0) is 37.8 Å². The number of benzene rings is 2. The van der Waals surface area contributed by atoms with E-state index in [1.807, 2.05) is 24.3 Å². The first-order chi connectivity index (χ1) is 24.5. The van der Waals surface area contributed by atoms with Gasteiger partial charge in [0.15, 0.2) is 23.0 Å². The molecule has 12 nitrogen and oxygen atoms in total. The molecule has 14 heteroatoms. The lowest BCUT2D eigenvalue weighted by Crippen LogP contribution is -2.48. The number of thiophene rings is 2. The number of carboxylic acid groups (broad SMARTS) is 1. The van der Waals surface area contributed by atoms with Crippen LogP contribution in [0.15, 0.2) is 24.3 Å². The van der Waals surface area contributed by atoms with Crippen molar-refractivity contribution in [1.29, 1.82) is 0 Å². The number of amides is 2. The van der Waals surface area contributed by atoms with Crippen LogP contribution < -0.4 is 18.9 Å². The van der Waals surface area contributed by atoms with Gasteiger partial charge in [-0.3, -0.25) is 19.2 Å². The van der Waals surface area contributed by atoms with Crippen LogP contribution in [0.5, 0.6) is 23.0 Å². The van der Waals surface area contributed by atoms with Crippen LogP contribution in [0.3, 0.4) is 0 Å². The molecule has 0 radical (unpaired) electrons. The number of carbonyl (C=O) groups excluding carboxylic acids is 3. The van der Waals surface area contributed by atoms with Gasteiger partial charge in [0.2, 0.25) is 0 Å². The number of hydrogen-bond donors (Lipinski definition) is 1. The SMILES string of the molecule is COC(=O)C1(CN2Cc3c(sc4cc(OC)c(OC)cc34)C2=O)CCC1.COc1cc2sc3c(c2cc1OC)CN(CC1(C(=O)O)CCC1)C3=O. The van der Waals surface area contributed by atoms with Crippen molar-refractivity contribution in [2.24, 2.45) is 10.8 Å². The van der Waals surface area contributed by atoms with E-state index >= 15 is 0 Å². The zero-order valence-electron chi connectivity index (χ0n) is 29.2. The lowest BCUT2D eigenvalue weighted by molar-refractivity contribution is -0.159. The van der Waals surface area contributed by atoms with Crippen LogP contribution in [0.2, 0.25) is 0 Å². The Labute approximate surface area is 302 Å². The van der Waals surface area contributed by atoms with Crippen molar-refractivity contribution in [1.82, 2.24) is 9.80 Å². The molecule has 4 aliphatic rings. The van der Waals surface area contributed by atoms with E-state index in [9.17, 15) is 24.3 Å². The van der Waals surface area contributed by atoms with E-state index in [2.05, 4.69) is 0 Å². The van der Waals surface area contributed by atoms with Crippen LogP contribution in [-0.4, -0.2) is 87.3 Å². The van der Waals surface area contributed by atoms with Gasteiger partial charge in [0, 0.05) is 69.6 Å². The largest absolute Gasteiger partial charge is 0.493 e. The van der Waals surface area contributed by atoms with Gasteiger partial charge in [-0.1, -0.05) is 12.8 Å². The summed E-state index contributed by atoms with van der Waals surface area (Å²) in [7, 11) is 7.79. The minimum atomic E-state index is -0.793. The number of ether oxygens (including phenoxy) is 5. The maximum Gasteiger partial charge on any atom is 0.313 e. The molecule has 1 N–H and O–H groups in total. The number of hydrogen-bond acceptors (Lipinski definition) is 11. The monoisotopic (exact) mass is 736 g/mol. The molecule has 2 fully saturated rings. The number of fused-ring (bicyclic) bond motifs is 6. The normalized spacial score (nSPS) is 18.0. The van der Waals surface area contributed by atoms with E-state index in [0.717, 1.165) is 61.9 Å². The summed E-state index contributed by atoms with van der Waals surface area (Å²) in [5.74, 6) is 1.50. The van der Waals surface area contributed by atoms with E-state index in [1.165, 1.54) is 29.8 Å². The molecular formula is C37H40N2O10S2. The Kier molecular flexibility index (Phi) is 9.03. The molecule has 2 aromatic carbocycles. The molecule has 2 amide bonds. The third-order valence-corrected chi connectivity index (χ3v) is 13.3. The molecule has 4 heterocycles. The maximum atomic E-state index is 12.9. The quantitative estimate of drug-likeness (QED) is 0.183. The predicted octanol–water partition coefficient (Wildman–Crippen LogP) is 6.35. The summed E-state index contributed by atoms with van der Waals surface area (Å²) in [6, 6.07) is 7.63. The van der Waals surface area contributed by atoms with Gasteiger partial charge < -0.3 is 38.6 Å². The number of carbonyl (C=O) groups is 4. The van der Waals surface area contributed by atoms with Crippen LogP contribution in [0.4, 0.5) is 0 Å². The van der Waals surface area contributed by atoms with Gasteiger partial charge in [-0.15, -0.1) is 22.7 Å². The topological polar surface area (TPSA) is 141 Å². The van der Waals surface area contributed by atoms with Gasteiger partial charge in [-0.25, -0.2) is 0 Å². The molecule has 51 heavy (non-hydrogen) atoms. The standard InChI is InChI=1S/C19H21NO5S.C18H19NO5S/c1-23-13-7-11-12-9-20(10-19(5-4-6-19)18(22)25-3)17(21)16(12)26-15(11)8-14(13)24-2;1-23-12-6-10-11-8-19(9-18(17(21)22)4-3-5-18)16(20)15(11)25-14(10)7-13(12)24-2/h7-8H,4-6,9-10H2,1-3H3;6-7H,3-5,8-9H2,1-2H3,(H,21,22). The minimum Gasteiger partial charge on any atom is -0.493 e. The smallest absolute Gasteiger partial charge is 0.313 e. The van der Waals surface area contributed by atoms with E-state index in [0.29, 0.717) is 60.4 Å². The van der Waals surface area contributed by atoms with Gasteiger partial charge in [-0.2, -0.15) is 0 Å². The Hall–Kier alpha value is -4.56. The fourth-order valence-electron chi connectivity index (χ4n) is 7.70. The van der Waals surface area contributed by atoms with Crippen LogP contribution in [0.25, 0.3) is 20.2 Å². The maximum absolute atomic E-state index is 12.9. The zero-order chi connectivity index (χ0) is 36.2. The Bertz CT molecular complexity index is 2080. The van der Waals surface area contributed by atoms with Gasteiger partial charge in [0.25, 0.3) is 11.8 Å². The number of aliphatic carboxylic acids is 1. The molecule has 0 bridgehead atoms. The number of methoxy groups -OCH3 is 5. The zero-order valence-corrected chi connectivity index (χ0v) is 30.8. The summed E-state index contributed by atoms with van der Waals surface area (Å²) in [5, 5.41) is 11.5. The highest BCUT2D eigenvalue weighted by Gasteiger charge is 2.49. The van der Waals surface area contributed by atoms with E-state index in [4.69, 9.17) is 23.7 Å². The Morgan fingerprint density at radius 1 is 0.667 bits per heavy atom. The highest BCUT2D eigenvalue weighted by Crippen LogP contribution is 2.48. The summed E-state index contributed by atoms with van der Waals surface area (Å²) < 4.78 is 28.4. The molecule has 0 spiro atoms. The fraction of sp³-hybridized carbons (Fsp3) is 0.459. The first-order valence-electron chi connectivity index (χ1n) is 16.8. The number of carboxylic acids is 1. The molecule has 8 rings (SSSR count). The summed E-state index contributed by atoms with van der Waals surface area (Å²) in [5.41, 5.74) is 0.677. The summed E-state index contributed by atoms with van der Waals surface area (Å²) in [4.78, 5) is 54.4. The number of nitrogens with zero attached hydrogens (tertiary/aromatic N) is 2. The predicted molar refractivity (Wildman–Crippen MR) is 192 cm³/mol. The molecule has 0 unspecified atom stereocenters. The second-order valence-corrected chi connectivity index (χ2v) is 15.7. The van der Waals surface area contributed by atoms with Crippen LogP contribution in [-0.2, 0) is 27.4 Å². The molecule has 2 aliphatic carbocycles. The number of rotatable bonds is 10. The van der Waals surface area contributed by atoms with E-state index in [1.54, 1.807) is 38.2 Å². The van der Waals surface area contributed by atoms with E-state index < -0.39 is 16.8 Å². The third kappa shape index (κ3) is 5.63. The first-order valence-corrected chi connectivity index (χ1v) is 18.4. The molecule has 0 saturated heterocycles. The average molecular weight is 737 g/mol. The lowest BCUT2D eigenvalue weighted by Gasteiger charge is -2.41. The van der Waals surface area contributed by atoms with Crippen LogP contribution in [0, 0.1) is 10.8 Å². The summed E-state index contributed by atoms with van der Waals surface area (Å²) in [6.07, 6.45) is 4.76. The van der Waals surface area contributed by atoms with Gasteiger partial charge in [0.1, 0.15) is 0 Å². The minimum absolute atomic E-state index is 0.00527. The Morgan fingerprint density at radius 2 is 1.06 bits per heavy atom. The summed E-state index contributed by atoms with van der Waals surface area (Å²) >= 11 is 2.90. The van der Waals surface area contributed by atoms with E-state index in [-0.39, 0.29) is 24.3 Å². The molecule has 2 aromatic heterocycles. The second kappa shape index (κ2) is 13.2. The summed E-state index contributed by atoms with van der Waals surface area (Å²) in [6.45, 7) is 1.69. The highest BCUT2D eigenvalue weighted by molar-refractivity contribution is 7.21. The van der Waals surface area contributed by atoms with Crippen molar-refractivity contribution in [3.63, 3.8) is 0 Å². The molecule has 4 aromatic rings. The van der Waals surface area contributed by atoms with Crippen molar-refractivity contribution in [3.05, 3.63) is 45.1 Å². The molecule has 2 saturated carbocycles.